The van der Waals surface area contributed by atoms with E-state index in [-0.39, 0.29) is 36.7 Å². The molecule has 4 atom stereocenters. The molecule has 0 unspecified atom stereocenters. The second kappa shape index (κ2) is 14.5. The zero-order valence-electron chi connectivity index (χ0n) is 24.0. The highest BCUT2D eigenvalue weighted by Crippen LogP contribution is 2.29. The van der Waals surface area contributed by atoms with E-state index in [1.165, 1.54) is 5.56 Å². The first kappa shape index (κ1) is 29.9. The van der Waals surface area contributed by atoms with E-state index in [2.05, 4.69) is 23.9 Å². The normalized spacial score (nSPS) is 22.4. The molecular weight excluding hydrogens is 480 g/mol. The van der Waals surface area contributed by atoms with Gasteiger partial charge in [0.25, 0.3) is 5.91 Å². The van der Waals surface area contributed by atoms with Crippen LogP contribution in [-0.2, 0) is 11.3 Å². The van der Waals surface area contributed by atoms with Crippen LogP contribution in [0.4, 0.5) is 5.69 Å². The quantitative estimate of drug-likeness (QED) is 0.583. The van der Waals surface area contributed by atoms with Crippen LogP contribution < -0.4 is 9.64 Å². The summed E-state index contributed by atoms with van der Waals surface area (Å²) in [4.78, 5) is 24.2. The number of carbonyl (C=O) groups excluding carboxylic acids is 1. The molecule has 210 valence electrons. The smallest absolute Gasteiger partial charge is 0.258 e. The average molecular weight is 527 g/mol. The number of pyridine rings is 1. The highest BCUT2D eigenvalue weighted by atomic mass is 16.5. The molecule has 0 saturated carbocycles. The van der Waals surface area contributed by atoms with Gasteiger partial charge in [0.15, 0.2) is 0 Å². The van der Waals surface area contributed by atoms with Crippen LogP contribution in [0.25, 0.3) is 0 Å². The van der Waals surface area contributed by atoms with Crippen molar-refractivity contribution in [2.75, 3.05) is 52.3 Å². The number of carbonyl (C=O) groups is 1. The summed E-state index contributed by atoms with van der Waals surface area (Å²) in [5.41, 5.74) is 2.65. The molecule has 0 saturated heterocycles. The zero-order valence-corrected chi connectivity index (χ0v) is 24.0. The van der Waals surface area contributed by atoms with Crippen molar-refractivity contribution in [3.05, 3.63) is 53.9 Å². The molecule has 2 aromatic rings. The molecular formula is C30H46N4O4. The van der Waals surface area contributed by atoms with Gasteiger partial charge in [0.1, 0.15) is 5.75 Å². The maximum atomic E-state index is 14.1. The number of fused-ring (bicyclic) bond motifs is 1. The number of aliphatic hydroxyl groups is 1. The van der Waals surface area contributed by atoms with Crippen LogP contribution in [0.2, 0.25) is 0 Å². The molecule has 38 heavy (non-hydrogen) atoms. The number of anilines is 1. The van der Waals surface area contributed by atoms with E-state index in [0.29, 0.717) is 24.5 Å². The Morgan fingerprint density at radius 3 is 2.55 bits per heavy atom. The monoisotopic (exact) mass is 526 g/mol. The molecule has 3 rings (SSSR count). The molecule has 0 spiro atoms. The number of hydrogen-bond acceptors (Lipinski definition) is 7. The summed E-state index contributed by atoms with van der Waals surface area (Å²) in [6.07, 6.45) is 6.36. The minimum Gasteiger partial charge on any atom is -0.490 e. The molecule has 1 aromatic carbocycles. The molecule has 0 radical (unpaired) electrons. The van der Waals surface area contributed by atoms with E-state index < -0.39 is 0 Å². The fourth-order valence-electron chi connectivity index (χ4n) is 4.82. The highest BCUT2D eigenvalue weighted by molar-refractivity contribution is 5.98. The number of aromatic nitrogens is 1. The molecule has 8 nitrogen and oxygen atoms in total. The topological polar surface area (TPSA) is 78.4 Å². The van der Waals surface area contributed by atoms with Gasteiger partial charge < -0.3 is 24.4 Å². The van der Waals surface area contributed by atoms with Crippen LogP contribution in [0.3, 0.4) is 0 Å². The number of ether oxygens (including phenoxy) is 2. The van der Waals surface area contributed by atoms with E-state index in [9.17, 15) is 9.90 Å². The van der Waals surface area contributed by atoms with Gasteiger partial charge in [-0.1, -0.05) is 6.92 Å². The van der Waals surface area contributed by atoms with E-state index in [1.54, 1.807) is 4.90 Å². The van der Waals surface area contributed by atoms with Crippen molar-refractivity contribution >= 4 is 11.6 Å². The van der Waals surface area contributed by atoms with Crippen LogP contribution in [0.15, 0.2) is 42.7 Å². The molecule has 1 aromatic heterocycles. The third kappa shape index (κ3) is 8.41. The first-order chi connectivity index (χ1) is 18.2. The molecule has 0 bridgehead atoms. The van der Waals surface area contributed by atoms with E-state index >= 15 is 0 Å². The SMILES string of the molecule is C[C@H]1CCCCO[C@@H](CN(C)Cc2ccncc2)[C@@H](C)CN([C@@H](C)CO)C(=O)c2cc(N(C)C)ccc2O1. The Bertz CT molecular complexity index is 1000. The molecule has 0 fully saturated rings. The van der Waals surface area contributed by atoms with Gasteiger partial charge in [-0.2, -0.15) is 0 Å². The first-order valence-electron chi connectivity index (χ1n) is 13.8. The van der Waals surface area contributed by atoms with E-state index in [4.69, 9.17) is 9.47 Å². The van der Waals surface area contributed by atoms with Gasteiger partial charge >= 0.3 is 0 Å². The maximum Gasteiger partial charge on any atom is 0.258 e. The van der Waals surface area contributed by atoms with Crippen molar-refractivity contribution in [1.82, 2.24) is 14.8 Å². The van der Waals surface area contributed by atoms with Crippen LogP contribution in [0, 0.1) is 5.92 Å². The maximum absolute atomic E-state index is 14.1. The van der Waals surface area contributed by atoms with E-state index in [1.807, 2.05) is 75.6 Å². The number of nitrogens with zero attached hydrogens (tertiary/aromatic N) is 4. The number of benzene rings is 1. The highest BCUT2D eigenvalue weighted by Gasteiger charge is 2.30. The Hall–Kier alpha value is -2.68. The molecule has 1 N–H and O–H groups in total. The summed E-state index contributed by atoms with van der Waals surface area (Å²) in [6.45, 7) is 8.61. The van der Waals surface area contributed by atoms with Gasteiger partial charge in [-0.15, -0.1) is 0 Å². The number of hydrogen-bond donors (Lipinski definition) is 1. The van der Waals surface area contributed by atoms with Crippen molar-refractivity contribution in [3.8, 4) is 5.75 Å². The number of amides is 1. The predicted molar refractivity (Wildman–Crippen MR) is 152 cm³/mol. The lowest BCUT2D eigenvalue weighted by atomic mass is 10.0. The molecule has 1 aliphatic rings. The molecule has 1 amide bonds. The minimum absolute atomic E-state index is 0.0281. The molecule has 1 aliphatic heterocycles. The predicted octanol–water partition coefficient (Wildman–Crippen LogP) is 4.08. The first-order valence-corrected chi connectivity index (χ1v) is 13.8. The van der Waals surface area contributed by atoms with E-state index in [0.717, 1.165) is 38.0 Å². The van der Waals surface area contributed by atoms with Gasteiger partial charge in [-0.05, 0) is 76.1 Å². The Kier molecular flexibility index (Phi) is 11.4. The minimum atomic E-state index is -0.346. The number of rotatable bonds is 7. The molecule has 8 heteroatoms. The summed E-state index contributed by atoms with van der Waals surface area (Å²) in [7, 11) is 6.01. The molecule has 2 heterocycles. The number of aliphatic hydroxyl groups excluding tert-OH is 1. The summed E-state index contributed by atoms with van der Waals surface area (Å²) < 4.78 is 12.7. The summed E-state index contributed by atoms with van der Waals surface area (Å²) in [5, 5.41) is 10.1. The fourth-order valence-corrected chi connectivity index (χ4v) is 4.82. The van der Waals surface area contributed by atoms with Gasteiger partial charge in [0.2, 0.25) is 0 Å². The van der Waals surface area contributed by atoms with Crippen molar-refractivity contribution in [1.29, 1.82) is 0 Å². The Morgan fingerprint density at radius 2 is 1.87 bits per heavy atom. The average Bonchev–Trinajstić information content (AvgIpc) is 2.90. The Morgan fingerprint density at radius 1 is 1.13 bits per heavy atom. The van der Waals surface area contributed by atoms with Gasteiger partial charge in [0, 0.05) is 64.3 Å². The summed E-state index contributed by atoms with van der Waals surface area (Å²) in [6, 6.07) is 9.49. The Labute approximate surface area is 228 Å². The van der Waals surface area contributed by atoms with Crippen molar-refractivity contribution < 1.29 is 19.4 Å². The lowest BCUT2D eigenvalue weighted by Crippen LogP contribution is -2.47. The van der Waals surface area contributed by atoms with Crippen molar-refractivity contribution in [3.63, 3.8) is 0 Å². The second-order valence-corrected chi connectivity index (χ2v) is 10.9. The van der Waals surface area contributed by atoms with Crippen molar-refractivity contribution in [2.24, 2.45) is 5.92 Å². The third-order valence-corrected chi connectivity index (χ3v) is 7.24. The van der Waals surface area contributed by atoms with Crippen molar-refractivity contribution in [2.45, 2.75) is 64.8 Å². The van der Waals surface area contributed by atoms with Gasteiger partial charge in [-0.3, -0.25) is 14.7 Å². The standard InChI is InChI=1S/C30H46N4O4/c1-22-18-34(23(2)21-35)30(36)27-17-26(32(4)5)10-11-28(27)38-24(3)9-7-8-16-37-29(22)20-33(6)19-25-12-14-31-15-13-25/h10-15,17,22-24,29,35H,7-9,16,18-21H2,1-6H3/t22-,23-,24-,29-/m0/s1. The second-order valence-electron chi connectivity index (χ2n) is 10.9. The van der Waals surface area contributed by atoms with Crippen LogP contribution >= 0.6 is 0 Å². The number of likely N-dealkylation sites (N-methyl/N-ethyl adjacent to an activating group) is 1. The summed E-state index contributed by atoms with van der Waals surface area (Å²) in [5.74, 6) is 0.513. The largest absolute Gasteiger partial charge is 0.490 e. The van der Waals surface area contributed by atoms with Crippen LogP contribution in [-0.4, -0.2) is 91.5 Å². The van der Waals surface area contributed by atoms with Crippen LogP contribution in [0.5, 0.6) is 5.75 Å². The van der Waals surface area contributed by atoms with Crippen LogP contribution in [0.1, 0.15) is 56.0 Å². The fraction of sp³-hybridized carbons (Fsp3) is 0.600. The lowest BCUT2D eigenvalue weighted by Gasteiger charge is -2.36. The van der Waals surface area contributed by atoms with Gasteiger partial charge in [-0.25, -0.2) is 0 Å². The van der Waals surface area contributed by atoms with Gasteiger partial charge in [0.05, 0.1) is 30.4 Å². The zero-order chi connectivity index (χ0) is 27.7. The molecule has 0 aliphatic carbocycles. The Balaban J connectivity index is 1.90. The third-order valence-electron chi connectivity index (χ3n) is 7.24. The lowest BCUT2D eigenvalue weighted by molar-refractivity contribution is -0.0177. The summed E-state index contributed by atoms with van der Waals surface area (Å²) >= 11 is 0.